The van der Waals surface area contributed by atoms with Crippen molar-refractivity contribution in [2.24, 2.45) is 0 Å². The van der Waals surface area contributed by atoms with Crippen LogP contribution in [0.4, 0.5) is 0 Å². The van der Waals surface area contributed by atoms with Crippen LogP contribution in [0.1, 0.15) is 0 Å². The van der Waals surface area contributed by atoms with Gasteiger partial charge in [0.2, 0.25) is 10.9 Å². The topological polar surface area (TPSA) is 149 Å². The van der Waals surface area contributed by atoms with Gasteiger partial charge in [0.25, 0.3) is 0 Å². The Labute approximate surface area is 209 Å². The van der Waals surface area contributed by atoms with Gasteiger partial charge in [0.1, 0.15) is 23.0 Å². The lowest BCUT2D eigenvalue weighted by molar-refractivity contribution is 0.476. The summed E-state index contributed by atoms with van der Waals surface area (Å²) in [4.78, 5) is 53.7. The molecule has 0 heterocycles. The van der Waals surface area contributed by atoms with Crippen LogP contribution < -0.4 is 21.7 Å². The van der Waals surface area contributed by atoms with E-state index in [0.717, 1.165) is 0 Å². The molecule has 8 heteroatoms. The summed E-state index contributed by atoms with van der Waals surface area (Å²) in [6, 6.07) is 14.7. The van der Waals surface area contributed by atoms with E-state index in [1.54, 1.807) is 24.3 Å². The minimum Gasteiger partial charge on any atom is -0.506 e. The molecule has 0 saturated heterocycles. The summed E-state index contributed by atoms with van der Waals surface area (Å²) in [5, 5.41) is 42.4. The third-order valence-electron chi connectivity index (χ3n) is 7.37. The van der Waals surface area contributed by atoms with Gasteiger partial charge in [-0.1, -0.05) is 48.5 Å². The molecular formula is C30H14O8. The molecule has 0 aliphatic rings. The van der Waals surface area contributed by atoms with E-state index in [4.69, 9.17) is 0 Å². The number of phenols is 4. The quantitative estimate of drug-likeness (QED) is 0.181. The van der Waals surface area contributed by atoms with Crippen molar-refractivity contribution in [3.8, 4) is 23.0 Å². The Kier molecular flexibility index (Phi) is 4.03. The maximum absolute atomic E-state index is 13.6. The molecule has 0 spiro atoms. The van der Waals surface area contributed by atoms with Crippen molar-refractivity contribution in [2.45, 2.75) is 0 Å². The molecule has 0 aliphatic carbocycles. The minimum absolute atomic E-state index is 0.0303. The highest BCUT2D eigenvalue weighted by Crippen LogP contribution is 2.44. The van der Waals surface area contributed by atoms with Gasteiger partial charge in [0.05, 0.1) is 21.5 Å². The van der Waals surface area contributed by atoms with Crippen LogP contribution in [0.5, 0.6) is 23.0 Å². The van der Waals surface area contributed by atoms with Crippen molar-refractivity contribution < 1.29 is 20.4 Å². The Morgan fingerprint density at radius 2 is 0.632 bits per heavy atom. The number of fused-ring (bicyclic) bond motifs is 6. The zero-order valence-electron chi connectivity index (χ0n) is 19.2. The number of aromatic hydroxyl groups is 4. The van der Waals surface area contributed by atoms with Gasteiger partial charge in [-0.25, -0.2) is 0 Å². The fourth-order valence-corrected chi connectivity index (χ4v) is 5.58. The van der Waals surface area contributed by atoms with Gasteiger partial charge >= 0.3 is 0 Å². The summed E-state index contributed by atoms with van der Waals surface area (Å²) in [7, 11) is 0. The second kappa shape index (κ2) is 7.04. The monoisotopic (exact) mass is 502 g/mol. The van der Waals surface area contributed by atoms with Crippen LogP contribution in [0, 0.1) is 0 Å². The molecule has 0 amide bonds. The first-order valence-electron chi connectivity index (χ1n) is 11.5. The molecule has 0 aliphatic heterocycles. The fraction of sp³-hybridized carbons (Fsp3) is 0. The molecule has 0 bridgehead atoms. The molecule has 0 atom stereocenters. The van der Waals surface area contributed by atoms with Gasteiger partial charge in [-0.2, -0.15) is 0 Å². The molecule has 0 unspecified atom stereocenters. The molecule has 0 radical (unpaired) electrons. The number of hydrogen-bond donors (Lipinski definition) is 4. The van der Waals surface area contributed by atoms with Crippen LogP contribution >= 0.6 is 0 Å². The number of benzene rings is 7. The fourth-order valence-electron chi connectivity index (χ4n) is 5.58. The van der Waals surface area contributed by atoms with Crippen molar-refractivity contribution in [1.82, 2.24) is 0 Å². The van der Waals surface area contributed by atoms with E-state index >= 15 is 0 Å². The Balaban J connectivity index is 1.79. The zero-order valence-corrected chi connectivity index (χ0v) is 19.2. The highest BCUT2D eigenvalue weighted by atomic mass is 16.3. The second-order valence-electron chi connectivity index (χ2n) is 9.25. The highest BCUT2D eigenvalue weighted by Gasteiger charge is 2.27. The van der Waals surface area contributed by atoms with Crippen LogP contribution in [-0.2, 0) is 0 Å². The smallest absolute Gasteiger partial charge is 0.202 e. The number of rotatable bonds is 0. The van der Waals surface area contributed by atoms with Crippen LogP contribution in [0.3, 0.4) is 0 Å². The highest BCUT2D eigenvalue weighted by molar-refractivity contribution is 6.20. The van der Waals surface area contributed by atoms with E-state index in [-0.39, 0.29) is 43.1 Å². The minimum atomic E-state index is -0.992. The summed E-state index contributed by atoms with van der Waals surface area (Å²) >= 11 is 0. The molecular weight excluding hydrogens is 488 g/mol. The van der Waals surface area contributed by atoms with Crippen LogP contribution in [0.2, 0.25) is 0 Å². The second-order valence-corrected chi connectivity index (χ2v) is 9.25. The molecule has 7 aromatic rings. The average molecular weight is 502 g/mol. The van der Waals surface area contributed by atoms with Gasteiger partial charge in [0.15, 0.2) is 10.9 Å². The van der Waals surface area contributed by atoms with Crippen molar-refractivity contribution >= 4 is 64.6 Å². The molecule has 0 saturated carbocycles. The van der Waals surface area contributed by atoms with E-state index in [1.807, 2.05) is 0 Å². The number of hydrogen-bond acceptors (Lipinski definition) is 8. The van der Waals surface area contributed by atoms with Gasteiger partial charge in [-0.15, -0.1) is 0 Å². The first-order valence-corrected chi connectivity index (χ1v) is 11.5. The first kappa shape index (κ1) is 21.8. The summed E-state index contributed by atoms with van der Waals surface area (Å²) in [5.41, 5.74) is -2.94. The molecule has 7 aromatic carbocycles. The zero-order chi connectivity index (χ0) is 26.6. The maximum Gasteiger partial charge on any atom is 0.202 e. The molecule has 182 valence electrons. The standard InChI is InChI=1S/C30H14O8/c31-23-11-5-1-2-6-12(11)24(32)16-10-18-17(9-15(16)23)27(35)21-22(28(18)36)30(38)20-19(29(21)37)25(33)13-7-3-4-8-14(13)26(20)34/h1-10,33-36H. The summed E-state index contributed by atoms with van der Waals surface area (Å²) < 4.78 is 0. The molecule has 7 rings (SSSR count). The molecule has 0 aromatic heterocycles. The van der Waals surface area contributed by atoms with Crippen molar-refractivity contribution in [3.05, 3.63) is 102 Å². The summed E-state index contributed by atoms with van der Waals surface area (Å²) in [5.74, 6) is -2.52. The lowest BCUT2D eigenvalue weighted by Gasteiger charge is -2.13. The summed E-state index contributed by atoms with van der Waals surface area (Å²) in [6.07, 6.45) is 0. The van der Waals surface area contributed by atoms with E-state index in [2.05, 4.69) is 0 Å². The average Bonchev–Trinajstić information content (AvgIpc) is 2.93. The van der Waals surface area contributed by atoms with E-state index in [1.165, 1.54) is 36.4 Å². The SMILES string of the molecule is O=c1c2ccccc2c(=O)c2cc3c(O)c4c(=O)c5c(O)c6ccccc6c(O)c5c(=O)c4c(O)c3cc12. The lowest BCUT2D eigenvalue weighted by Crippen LogP contribution is -2.15. The van der Waals surface area contributed by atoms with Gasteiger partial charge in [0, 0.05) is 43.1 Å². The van der Waals surface area contributed by atoms with Crippen LogP contribution in [0.25, 0.3) is 64.6 Å². The van der Waals surface area contributed by atoms with Gasteiger partial charge < -0.3 is 20.4 Å². The third-order valence-corrected chi connectivity index (χ3v) is 7.37. The van der Waals surface area contributed by atoms with E-state index in [9.17, 15) is 39.6 Å². The number of phenolic OH excluding ortho intramolecular Hbond substituents is 4. The molecule has 38 heavy (non-hydrogen) atoms. The Morgan fingerprint density at radius 3 is 0.974 bits per heavy atom. The third kappa shape index (κ3) is 2.43. The van der Waals surface area contributed by atoms with Crippen LogP contribution in [-0.4, -0.2) is 20.4 Å². The Bertz CT molecular complexity index is 2300. The van der Waals surface area contributed by atoms with Crippen molar-refractivity contribution in [2.75, 3.05) is 0 Å². The Morgan fingerprint density at radius 1 is 0.342 bits per heavy atom. The maximum atomic E-state index is 13.6. The van der Waals surface area contributed by atoms with E-state index in [0.29, 0.717) is 0 Å². The van der Waals surface area contributed by atoms with E-state index < -0.39 is 66.3 Å². The van der Waals surface area contributed by atoms with Crippen molar-refractivity contribution in [1.29, 1.82) is 0 Å². The predicted molar refractivity (Wildman–Crippen MR) is 146 cm³/mol. The van der Waals surface area contributed by atoms with Crippen molar-refractivity contribution in [3.63, 3.8) is 0 Å². The largest absolute Gasteiger partial charge is 0.506 e. The first-order chi connectivity index (χ1) is 18.2. The van der Waals surface area contributed by atoms with Gasteiger partial charge in [-0.3, -0.25) is 19.2 Å². The van der Waals surface area contributed by atoms with Crippen LogP contribution in [0.15, 0.2) is 79.8 Å². The summed E-state index contributed by atoms with van der Waals surface area (Å²) in [6.45, 7) is 0. The molecule has 4 N–H and O–H groups in total. The predicted octanol–water partition coefficient (Wildman–Crippen LogP) is 3.74. The van der Waals surface area contributed by atoms with Gasteiger partial charge in [-0.05, 0) is 12.1 Å². The Hall–Kier alpha value is -5.50. The molecule has 8 nitrogen and oxygen atoms in total. The molecule has 0 fully saturated rings. The normalized spacial score (nSPS) is 12.0. The lowest BCUT2D eigenvalue weighted by atomic mass is 9.92.